The number of benzene rings is 1. The van der Waals surface area contributed by atoms with Gasteiger partial charge in [0.2, 0.25) is 0 Å². The number of carbonyl (C=O) groups is 1. The standard InChI is InChI=1S/C20H27NO/c22-20-16-10-12-21(13-11-16)19(20)14-17-8-4-5-9-18(17)15-6-2-1-3-7-15/h4-5,8-9,15-16,19H,1-3,6-7,10-14H2. The van der Waals surface area contributed by atoms with E-state index >= 15 is 0 Å². The molecule has 3 heterocycles. The summed E-state index contributed by atoms with van der Waals surface area (Å²) in [4.78, 5) is 15.1. The van der Waals surface area contributed by atoms with Crippen LogP contribution in [0.2, 0.25) is 0 Å². The number of hydrogen-bond donors (Lipinski definition) is 0. The third kappa shape index (κ3) is 2.62. The molecule has 1 aromatic rings. The van der Waals surface area contributed by atoms with E-state index in [-0.39, 0.29) is 6.04 Å². The largest absolute Gasteiger partial charge is 0.298 e. The Balaban J connectivity index is 1.56. The van der Waals surface area contributed by atoms with E-state index in [1.165, 1.54) is 43.2 Å². The Labute approximate surface area is 133 Å². The van der Waals surface area contributed by atoms with Crippen LogP contribution in [-0.2, 0) is 11.2 Å². The summed E-state index contributed by atoms with van der Waals surface area (Å²) in [6.07, 6.45) is 9.95. The van der Waals surface area contributed by atoms with Gasteiger partial charge < -0.3 is 0 Å². The molecular weight excluding hydrogens is 270 g/mol. The maximum Gasteiger partial charge on any atom is 0.153 e. The summed E-state index contributed by atoms with van der Waals surface area (Å²) in [6, 6.07) is 9.11. The topological polar surface area (TPSA) is 20.3 Å². The molecule has 3 saturated heterocycles. The fourth-order valence-electron chi connectivity index (χ4n) is 4.92. The van der Waals surface area contributed by atoms with Crippen molar-refractivity contribution in [2.75, 3.05) is 13.1 Å². The Morgan fingerprint density at radius 1 is 0.909 bits per heavy atom. The molecule has 118 valence electrons. The molecule has 1 unspecified atom stereocenters. The predicted molar refractivity (Wildman–Crippen MR) is 89.1 cm³/mol. The predicted octanol–water partition coefficient (Wildman–Crippen LogP) is 3.94. The first-order chi connectivity index (χ1) is 10.8. The minimum atomic E-state index is 0.164. The van der Waals surface area contributed by atoms with Crippen LogP contribution in [0.25, 0.3) is 0 Å². The number of Topliss-reactive ketones (excluding diaryl/α,β-unsaturated/α-hetero) is 1. The molecule has 0 amide bonds. The molecule has 2 bridgehead atoms. The van der Waals surface area contributed by atoms with E-state index in [1.54, 1.807) is 0 Å². The highest BCUT2D eigenvalue weighted by atomic mass is 16.1. The summed E-state index contributed by atoms with van der Waals surface area (Å²) in [5, 5.41) is 0. The van der Waals surface area contributed by atoms with E-state index in [9.17, 15) is 4.79 Å². The van der Waals surface area contributed by atoms with Gasteiger partial charge in [0.1, 0.15) is 0 Å². The van der Waals surface area contributed by atoms with Gasteiger partial charge in [0.15, 0.2) is 5.78 Å². The normalized spacial score (nSPS) is 32.4. The number of carbonyl (C=O) groups excluding carboxylic acids is 1. The lowest BCUT2D eigenvalue weighted by atomic mass is 9.77. The molecule has 0 N–H and O–H groups in total. The maximum atomic E-state index is 12.6. The second kappa shape index (κ2) is 6.16. The summed E-state index contributed by atoms with van der Waals surface area (Å²) in [7, 11) is 0. The molecular formula is C20H27NO. The van der Waals surface area contributed by atoms with Gasteiger partial charge in [0.05, 0.1) is 6.04 Å². The fourth-order valence-corrected chi connectivity index (χ4v) is 4.92. The molecule has 2 heteroatoms. The first-order valence-electron chi connectivity index (χ1n) is 9.18. The van der Waals surface area contributed by atoms with Crippen molar-refractivity contribution >= 4 is 5.78 Å². The van der Waals surface area contributed by atoms with Crippen molar-refractivity contribution in [1.29, 1.82) is 0 Å². The van der Waals surface area contributed by atoms with Crippen molar-refractivity contribution < 1.29 is 4.79 Å². The quantitative estimate of drug-likeness (QED) is 0.842. The molecule has 2 nitrogen and oxygen atoms in total. The minimum absolute atomic E-state index is 0.164. The van der Waals surface area contributed by atoms with E-state index in [2.05, 4.69) is 29.2 Å². The lowest BCUT2D eigenvalue weighted by Crippen LogP contribution is -2.56. The van der Waals surface area contributed by atoms with Crippen molar-refractivity contribution in [3.63, 3.8) is 0 Å². The molecule has 1 aliphatic carbocycles. The Bertz CT molecular complexity index is 538. The van der Waals surface area contributed by atoms with Gasteiger partial charge in [-0.05, 0) is 62.2 Å². The van der Waals surface area contributed by atoms with E-state index in [0.717, 1.165) is 38.3 Å². The van der Waals surface area contributed by atoms with Gasteiger partial charge in [0, 0.05) is 5.92 Å². The molecule has 0 spiro atoms. The van der Waals surface area contributed by atoms with Crippen LogP contribution in [-0.4, -0.2) is 29.8 Å². The van der Waals surface area contributed by atoms with Crippen molar-refractivity contribution in [3.8, 4) is 0 Å². The van der Waals surface area contributed by atoms with Gasteiger partial charge in [-0.25, -0.2) is 0 Å². The van der Waals surface area contributed by atoms with Gasteiger partial charge >= 0.3 is 0 Å². The summed E-state index contributed by atoms with van der Waals surface area (Å²) in [5.74, 6) is 1.61. The number of piperidine rings is 3. The van der Waals surface area contributed by atoms with Gasteiger partial charge in [0.25, 0.3) is 0 Å². The lowest BCUT2D eigenvalue weighted by Gasteiger charge is -2.44. The first kappa shape index (κ1) is 14.4. The Morgan fingerprint density at radius 2 is 1.64 bits per heavy atom. The number of fused-ring (bicyclic) bond motifs is 3. The highest BCUT2D eigenvalue weighted by Crippen LogP contribution is 2.36. The second-order valence-electron chi connectivity index (χ2n) is 7.47. The summed E-state index contributed by atoms with van der Waals surface area (Å²) < 4.78 is 0. The van der Waals surface area contributed by atoms with Crippen molar-refractivity contribution in [2.24, 2.45) is 5.92 Å². The van der Waals surface area contributed by atoms with Gasteiger partial charge in [-0.1, -0.05) is 43.5 Å². The zero-order valence-electron chi connectivity index (χ0n) is 13.5. The molecule has 0 aromatic heterocycles. The van der Waals surface area contributed by atoms with E-state index < -0.39 is 0 Å². The van der Waals surface area contributed by atoms with Crippen LogP contribution in [0.5, 0.6) is 0 Å². The molecule has 4 aliphatic rings. The monoisotopic (exact) mass is 297 g/mol. The Kier molecular flexibility index (Phi) is 4.04. The Morgan fingerprint density at radius 3 is 2.36 bits per heavy atom. The highest BCUT2D eigenvalue weighted by Gasteiger charge is 2.41. The maximum absolute atomic E-state index is 12.6. The third-order valence-corrected chi connectivity index (χ3v) is 6.21. The summed E-state index contributed by atoms with van der Waals surface area (Å²) in [5.41, 5.74) is 2.98. The number of ketones is 1. The van der Waals surface area contributed by atoms with E-state index in [0.29, 0.717) is 11.7 Å². The molecule has 1 atom stereocenters. The van der Waals surface area contributed by atoms with Gasteiger partial charge in [-0.2, -0.15) is 0 Å². The zero-order valence-corrected chi connectivity index (χ0v) is 13.5. The SMILES string of the molecule is O=C1C2CCN(CC2)C1Cc1ccccc1C1CCCCC1. The van der Waals surface area contributed by atoms with Crippen LogP contribution < -0.4 is 0 Å². The highest BCUT2D eigenvalue weighted by molar-refractivity contribution is 5.88. The average molecular weight is 297 g/mol. The van der Waals surface area contributed by atoms with Crippen molar-refractivity contribution in [3.05, 3.63) is 35.4 Å². The Hall–Kier alpha value is -1.15. The molecule has 4 fully saturated rings. The second-order valence-corrected chi connectivity index (χ2v) is 7.47. The van der Waals surface area contributed by atoms with Crippen LogP contribution in [0, 0.1) is 5.92 Å². The van der Waals surface area contributed by atoms with Crippen LogP contribution in [0.3, 0.4) is 0 Å². The van der Waals surface area contributed by atoms with Crippen LogP contribution >= 0.6 is 0 Å². The minimum Gasteiger partial charge on any atom is -0.298 e. The third-order valence-electron chi connectivity index (χ3n) is 6.21. The van der Waals surface area contributed by atoms with Crippen molar-refractivity contribution in [2.45, 2.75) is 63.3 Å². The molecule has 3 aliphatic heterocycles. The zero-order chi connectivity index (χ0) is 14.9. The fraction of sp³-hybridized carbons (Fsp3) is 0.650. The molecule has 1 saturated carbocycles. The molecule has 0 radical (unpaired) electrons. The number of hydrogen-bond acceptors (Lipinski definition) is 2. The summed E-state index contributed by atoms with van der Waals surface area (Å²) in [6.45, 7) is 2.26. The molecule has 1 aromatic carbocycles. The van der Waals surface area contributed by atoms with Gasteiger partial charge in [-0.3, -0.25) is 9.69 Å². The van der Waals surface area contributed by atoms with E-state index in [4.69, 9.17) is 0 Å². The molecule has 22 heavy (non-hydrogen) atoms. The smallest absolute Gasteiger partial charge is 0.153 e. The average Bonchev–Trinajstić information content (AvgIpc) is 2.60. The van der Waals surface area contributed by atoms with Crippen LogP contribution in [0.4, 0.5) is 0 Å². The molecule has 5 rings (SSSR count). The van der Waals surface area contributed by atoms with E-state index in [1.807, 2.05) is 0 Å². The van der Waals surface area contributed by atoms with Crippen LogP contribution in [0.1, 0.15) is 62.0 Å². The lowest BCUT2D eigenvalue weighted by molar-refractivity contribution is -0.136. The first-order valence-corrected chi connectivity index (χ1v) is 9.18. The van der Waals surface area contributed by atoms with Crippen LogP contribution in [0.15, 0.2) is 24.3 Å². The number of rotatable bonds is 3. The van der Waals surface area contributed by atoms with Gasteiger partial charge in [-0.15, -0.1) is 0 Å². The number of nitrogens with zero attached hydrogens (tertiary/aromatic N) is 1. The summed E-state index contributed by atoms with van der Waals surface area (Å²) >= 11 is 0. The van der Waals surface area contributed by atoms with Crippen molar-refractivity contribution in [1.82, 2.24) is 4.90 Å².